The van der Waals surface area contributed by atoms with Gasteiger partial charge in [-0.05, 0) is 80.7 Å². The molecule has 0 aliphatic heterocycles. The first-order chi connectivity index (χ1) is 9.76. The highest BCUT2D eigenvalue weighted by molar-refractivity contribution is 5.92. The zero-order valence-corrected chi connectivity index (χ0v) is 12.0. The monoisotopic (exact) mass is 272 g/mol. The van der Waals surface area contributed by atoms with Crippen molar-refractivity contribution in [2.45, 2.75) is 44.9 Å². The smallest absolute Gasteiger partial charge is 0.227 e. The van der Waals surface area contributed by atoms with Gasteiger partial charge in [0.25, 0.3) is 0 Å². The zero-order valence-electron chi connectivity index (χ0n) is 12.0. The van der Waals surface area contributed by atoms with E-state index >= 15 is 0 Å². The van der Waals surface area contributed by atoms with Crippen LogP contribution < -0.4 is 11.1 Å². The van der Waals surface area contributed by atoms with Crippen LogP contribution >= 0.6 is 0 Å². The third-order valence-corrected chi connectivity index (χ3v) is 4.92. The summed E-state index contributed by atoms with van der Waals surface area (Å²) in [5.74, 6) is 0.989. The topological polar surface area (TPSA) is 55.1 Å². The minimum absolute atomic E-state index is 0.172. The Morgan fingerprint density at radius 3 is 2.65 bits per heavy atom. The zero-order chi connectivity index (χ0) is 13.9. The van der Waals surface area contributed by atoms with Crippen molar-refractivity contribution in [2.24, 2.45) is 17.6 Å². The van der Waals surface area contributed by atoms with E-state index in [1.165, 1.54) is 24.0 Å². The lowest BCUT2D eigenvalue weighted by atomic mass is 9.81. The lowest BCUT2D eigenvalue weighted by Gasteiger charge is -2.26. The van der Waals surface area contributed by atoms with Gasteiger partial charge in [-0.15, -0.1) is 0 Å². The molecule has 0 radical (unpaired) electrons. The summed E-state index contributed by atoms with van der Waals surface area (Å²) in [6.07, 6.45) is 7.75. The molecule has 0 saturated heterocycles. The molecular weight excluding hydrogens is 248 g/mol. The summed E-state index contributed by atoms with van der Waals surface area (Å²) in [4.78, 5) is 12.3. The van der Waals surface area contributed by atoms with Crippen LogP contribution in [0.15, 0.2) is 18.2 Å². The van der Waals surface area contributed by atoms with Crippen LogP contribution in [0, 0.1) is 11.8 Å². The molecule has 3 heteroatoms. The minimum atomic E-state index is 0.172. The van der Waals surface area contributed by atoms with Crippen LogP contribution in [0.3, 0.4) is 0 Å². The normalized spacial score (nSPS) is 25.2. The summed E-state index contributed by atoms with van der Waals surface area (Å²) >= 11 is 0. The van der Waals surface area contributed by atoms with E-state index in [-0.39, 0.29) is 11.8 Å². The third-order valence-electron chi connectivity index (χ3n) is 4.92. The first-order valence-corrected chi connectivity index (χ1v) is 7.89. The van der Waals surface area contributed by atoms with Gasteiger partial charge in [0.05, 0.1) is 0 Å². The second-order valence-corrected chi connectivity index (χ2v) is 6.28. The van der Waals surface area contributed by atoms with E-state index in [1.807, 2.05) is 6.07 Å². The van der Waals surface area contributed by atoms with Crippen molar-refractivity contribution in [1.82, 2.24) is 0 Å². The van der Waals surface area contributed by atoms with Crippen molar-refractivity contribution in [1.29, 1.82) is 0 Å². The number of nitrogens with two attached hydrogens (primary N) is 1. The SMILES string of the molecule is NCC1CCC(C(=O)Nc2ccc3c(c2)CCC3)CC1. The van der Waals surface area contributed by atoms with Crippen LogP contribution in [0.4, 0.5) is 5.69 Å². The van der Waals surface area contributed by atoms with Crippen LogP contribution in [0.1, 0.15) is 43.2 Å². The van der Waals surface area contributed by atoms with Crippen molar-refractivity contribution in [3.63, 3.8) is 0 Å². The fraction of sp³-hybridized carbons (Fsp3) is 0.588. The number of carbonyl (C=O) groups excluding carboxylic acids is 1. The lowest BCUT2D eigenvalue weighted by molar-refractivity contribution is -0.121. The molecule has 0 aromatic heterocycles. The number of carbonyl (C=O) groups is 1. The number of anilines is 1. The largest absolute Gasteiger partial charge is 0.330 e. The molecule has 108 valence electrons. The number of aryl methyl sites for hydroxylation is 2. The molecule has 3 rings (SSSR count). The summed E-state index contributed by atoms with van der Waals surface area (Å²) < 4.78 is 0. The van der Waals surface area contributed by atoms with Crippen molar-refractivity contribution < 1.29 is 4.79 Å². The van der Waals surface area contributed by atoms with Crippen LogP contribution in [0.25, 0.3) is 0 Å². The molecule has 0 unspecified atom stereocenters. The summed E-state index contributed by atoms with van der Waals surface area (Å²) in [6, 6.07) is 6.38. The Labute approximate surface area is 120 Å². The molecule has 0 spiro atoms. The van der Waals surface area contributed by atoms with E-state index < -0.39 is 0 Å². The fourth-order valence-electron chi connectivity index (χ4n) is 3.55. The van der Waals surface area contributed by atoms with E-state index in [1.54, 1.807) is 0 Å². The molecule has 20 heavy (non-hydrogen) atoms. The quantitative estimate of drug-likeness (QED) is 0.889. The van der Waals surface area contributed by atoms with Crippen molar-refractivity contribution in [3.8, 4) is 0 Å². The van der Waals surface area contributed by atoms with Gasteiger partial charge in [-0.1, -0.05) is 6.07 Å². The van der Waals surface area contributed by atoms with E-state index in [9.17, 15) is 4.79 Å². The van der Waals surface area contributed by atoms with Crippen molar-refractivity contribution in [2.75, 3.05) is 11.9 Å². The maximum absolute atomic E-state index is 12.3. The number of nitrogens with one attached hydrogen (secondary N) is 1. The van der Waals surface area contributed by atoms with Gasteiger partial charge < -0.3 is 11.1 Å². The van der Waals surface area contributed by atoms with Gasteiger partial charge in [0.15, 0.2) is 0 Å². The summed E-state index contributed by atoms with van der Waals surface area (Å²) in [7, 11) is 0. The average Bonchev–Trinajstić information content (AvgIpc) is 2.95. The Kier molecular flexibility index (Phi) is 4.06. The van der Waals surface area contributed by atoms with Crippen LogP contribution in [-0.2, 0) is 17.6 Å². The maximum Gasteiger partial charge on any atom is 0.227 e. The van der Waals surface area contributed by atoms with Gasteiger partial charge in [0, 0.05) is 11.6 Å². The molecule has 1 aromatic carbocycles. The number of amides is 1. The Hall–Kier alpha value is -1.35. The molecule has 0 heterocycles. The molecule has 0 atom stereocenters. The Balaban J connectivity index is 1.59. The number of rotatable bonds is 3. The maximum atomic E-state index is 12.3. The predicted octanol–water partition coefficient (Wildman–Crippen LogP) is 2.88. The first kappa shape index (κ1) is 13.6. The Bertz CT molecular complexity index is 490. The van der Waals surface area contributed by atoms with Gasteiger partial charge in [0.2, 0.25) is 5.91 Å². The standard InChI is InChI=1S/C17H24N2O/c18-11-12-4-6-14(7-5-12)17(20)19-16-9-8-13-2-1-3-15(13)10-16/h8-10,12,14H,1-7,11,18H2,(H,19,20). The van der Waals surface area contributed by atoms with Crippen molar-refractivity contribution >= 4 is 11.6 Å². The summed E-state index contributed by atoms with van der Waals surface area (Å²) in [6.45, 7) is 0.763. The van der Waals surface area contributed by atoms with Crippen LogP contribution in [0.5, 0.6) is 0 Å². The van der Waals surface area contributed by atoms with Gasteiger partial charge in [0.1, 0.15) is 0 Å². The molecular formula is C17H24N2O. The average molecular weight is 272 g/mol. The molecule has 1 saturated carbocycles. The third kappa shape index (κ3) is 2.88. The highest BCUT2D eigenvalue weighted by atomic mass is 16.1. The van der Waals surface area contributed by atoms with E-state index in [4.69, 9.17) is 5.73 Å². The van der Waals surface area contributed by atoms with Gasteiger partial charge in [-0.2, -0.15) is 0 Å². The van der Waals surface area contributed by atoms with Gasteiger partial charge in [-0.25, -0.2) is 0 Å². The number of hydrogen-bond donors (Lipinski definition) is 2. The lowest BCUT2D eigenvalue weighted by Crippen LogP contribution is -2.29. The second-order valence-electron chi connectivity index (χ2n) is 6.28. The summed E-state index contributed by atoms with van der Waals surface area (Å²) in [5.41, 5.74) is 9.53. The number of hydrogen-bond acceptors (Lipinski definition) is 2. The van der Waals surface area contributed by atoms with E-state index in [0.29, 0.717) is 5.92 Å². The van der Waals surface area contributed by atoms with E-state index in [2.05, 4.69) is 17.4 Å². The molecule has 1 amide bonds. The molecule has 2 aliphatic carbocycles. The highest BCUT2D eigenvalue weighted by Crippen LogP contribution is 2.30. The molecule has 1 fully saturated rings. The number of benzene rings is 1. The molecule has 3 N–H and O–H groups in total. The highest BCUT2D eigenvalue weighted by Gasteiger charge is 2.25. The Morgan fingerprint density at radius 1 is 1.15 bits per heavy atom. The van der Waals surface area contributed by atoms with Gasteiger partial charge in [-0.3, -0.25) is 4.79 Å². The second kappa shape index (κ2) is 5.96. The summed E-state index contributed by atoms with van der Waals surface area (Å²) in [5, 5.41) is 3.10. The number of fused-ring (bicyclic) bond motifs is 1. The van der Waals surface area contributed by atoms with Crippen LogP contribution in [-0.4, -0.2) is 12.5 Å². The first-order valence-electron chi connectivity index (χ1n) is 7.89. The molecule has 0 bridgehead atoms. The van der Waals surface area contributed by atoms with Crippen LogP contribution in [0.2, 0.25) is 0 Å². The predicted molar refractivity (Wildman–Crippen MR) is 81.6 cm³/mol. The Morgan fingerprint density at radius 2 is 1.90 bits per heavy atom. The van der Waals surface area contributed by atoms with Gasteiger partial charge >= 0.3 is 0 Å². The van der Waals surface area contributed by atoms with E-state index in [0.717, 1.165) is 44.3 Å². The molecule has 1 aromatic rings. The van der Waals surface area contributed by atoms with Crippen molar-refractivity contribution in [3.05, 3.63) is 29.3 Å². The fourth-order valence-corrected chi connectivity index (χ4v) is 3.55. The minimum Gasteiger partial charge on any atom is -0.330 e. The molecule has 2 aliphatic rings. The molecule has 3 nitrogen and oxygen atoms in total.